The van der Waals surface area contributed by atoms with Crippen LogP contribution in [-0.4, -0.2) is 0 Å². The van der Waals surface area contributed by atoms with E-state index < -0.39 is 0 Å². The van der Waals surface area contributed by atoms with Crippen LogP contribution in [0.1, 0.15) is 6.92 Å². The molecule has 3 heteroatoms. The van der Waals surface area contributed by atoms with E-state index >= 15 is 0 Å². The van der Waals surface area contributed by atoms with Gasteiger partial charge in [0.15, 0.2) is 0 Å². The van der Waals surface area contributed by atoms with Gasteiger partial charge in [0.25, 0.3) is 0 Å². The van der Waals surface area contributed by atoms with Crippen LogP contribution in [0.5, 0.6) is 0 Å². The molecule has 0 nitrogen and oxygen atoms in total. The summed E-state index contributed by atoms with van der Waals surface area (Å²) in [6.45, 7) is 5.00. The van der Waals surface area contributed by atoms with E-state index in [2.05, 4.69) is 6.92 Å². The summed E-state index contributed by atoms with van der Waals surface area (Å²) >= 11 is 0. The van der Waals surface area contributed by atoms with Crippen molar-refractivity contribution in [1.29, 1.82) is 0 Å². The minimum absolute atomic E-state index is 0. The van der Waals surface area contributed by atoms with Crippen LogP contribution in [0, 0.1) is 44.1 Å². The summed E-state index contributed by atoms with van der Waals surface area (Å²) in [5.74, 6) is 0. The monoisotopic (exact) mass is 428 g/mol. The van der Waals surface area contributed by atoms with Crippen LogP contribution in [0.25, 0.3) is 0 Å². The summed E-state index contributed by atoms with van der Waals surface area (Å²) in [5, 5.41) is 0. The van der Waals surface area contributed by atoms with Crippen molar-refractivity contribution < 1.29 is 72.3 Å². The first-order valence-electron chi connectivity index (χ1n) is 0.707. The van der Waals surface area contributed by atoms with Crippen LogP contribution in [0.15, 0.2) is 0 Å². The van der Waals surface area contributed by atoms with Gasteiger partial charge in [0, 0.05) is 53.8 Å². The fourth-order valence-electron chi connectivity index (χ4n) is 0. The van der Waals surface area contributed by atoms with Crippen LogP contribution >= 0.6 is 0 Å². The largest absolute Gasteiger partial charge is 2.00 e. The molecule has 0 aromatic heterocycles. The van der Waals surface area contributed by atoms with Gasteiger partial charge >= 0.3 is 18.6 Å². The molecule has 0 heterocycles. The van der Waals surface area contributed by atoms with Gasteiger partial charge in [-0.3, -0.25) is 0 Å². The molecule has 0 aliphatic heterocycles. The van der Waals surface area contributed by atoms with Crippen LogP contribution in [0.4, 0.5) is 0 Å². The van der Waals surface area contributed by atoms with Gasteiger partial charge in [0.2, 0.25) is 0 Å². The van der Waals surface area contributed by atoms with Crippen LogP contribution < -0.4 is 0 Å². The maximum atomic E-state index is 3.25. The molecule has 0 fully saturated rings. The molecule has 2 radical (unpaired) electrons. The Morgan fingerprint density at radius 3 is 0.700 bits per heavy atom. The van der Waals surface area contributed by atoms with E-state index in [0.717, 1.165) is 0 Å². The van der Waals surface area contributed by atoms with Gasteiger partial charge in [0.05, 0.1) is 0 Å². The number of hydrogen-bond acceptors (Lipinski definition) is 0. The number of hydrogen-bond donors (Lipinski definition) is 0. The third-order valence-electron chi connectivity index (χ3n) is 0. The van der Waals surface area contributed by atoms with E-state index in [-0.39, 0.29) is 109 Å². The first kappa shape index (κ1) is 140. The molecular formula is C7H20VWY-4. The van der Waals surface area contributed by atoms with Crippen LogP contribution in [0.3, 0.4) is 0 Å². The van der Waals surface area contributed by atoms with Crippen molar-refractivity contribution in [2.75, 3.05) is 0 Å². The zero-order chi connectivity index (χ0) is 2.00. The normalized spacial score (nSPS) is 0.600. The molecule has 0 aromatic rings. The zero-order valence-electron chi connectivity index (χ0n) is 8.14. The quantitative estimate of drug-likeness (QED) is 0.521. The molecule has 0 saturated heterocycles. The zero-order valence-corrected chi connectivity index (χ0v) is 15.3. The molecule has 0 saturated carbocycles. The first-order valence-corrected chi connectivity index (χ1v) is 0.707. The average molecular weight is 428 g/mol. The standard InChI is InChI=1S/C2H5.5CH3.V.W.Y/c1-2;;;;;;;;/h1H2,2H3;5*1H3;;;/q6*-1;+2;;. The third kappa shape index (κ3) is 162. The fourth-order valence-corrected chi connectivity index (χ4v) is 0. The second kappa shape index (κ2) is 217. The Kier molecular flexibility index (Phi) is 3050. The predicted molar refractivity (Wildman–Crippen MR) is 43.1 cm³/mol. The molecule has 66 valence electrons. The van der Waals surface area contributed by atoms with Crippen molar-refractivity contribution in [2.24, 2.45) is 0 Å². The van der Waals surface area contributed by atoms with Crippen molar-refractivity contribution >= 4 is 0 Å². The maximum Gasteiger partial charge on any atom is 2.00 e. The molecule has 10 heavy (non-hydrogen) atoms. The van der Waals surface area contributed by atoms with Crippen molar-refractivity contribution in [3.8, 4) is 0 Å². The first-order chi connectivity index (χ1) is 1.00. The van der Waals surface area contributed by atoms with E-state index in [1.807, 2.05) is 0 Å². The van der Waals surface area contributed by atoms with Gasteiger partial charge in [-0.2, -0.15) is 6.92 Å². The summed E-state index contributed by atoms with van der Waals surface area (Å²) in [7, 11) is 0. The van der Waals surface area contributed by atoms with E-state index in [4.69, 9.17) is 0 Å². The molecule has 0 aliphatic rings. The smallest absolute Gasteiger partial charge is 0.358 e. The van der Waals surface area contributed by atoms with E-state index in [1.165, 1.54) is 0 Å². The molecule has 0 N–H and O–H groups in total. The van der Waals surface area contributed by atoms with Crippen molar-refractivity contribution in [3.05, 3.63) is 44.1 Å². The minimum atomic E-state index is 0. The summed E-state index contributed by atoms with van der Waals surface area (Å²) < 4.78 is 0. The Morgan fingerprint density at radius 2 is 0.700 bits per heavy atom. The number of rotatable bonds is 0. The molecular weight excluding hydrogens is 408 g/mol. The minimum Gasteiger partial charge on any atom is -0.358 e. The molecule has 0 rings (SSSR count). The molecule has 0 unspecified atom stereocenters. The summed E-state index contributed by atoms with van der Waals surface area (Å²) in [6.07, 6.45) is 0. The Labute approximate surface area is 122 Å². The molecule has 0 spiro atoms. The second-order valence-corrected chi connectivity index (χ2v) is 0. The Balaban J connectivity index is -0.000000000179. The average Bonchev–Trinajstić information content (AvgIpc) is 1.00. The summed E-state index contributed by atoms with van der Waals surface area (Å²) in [5.41, 5.74) is 0. The Bertz CT molecular complexity index is 13.6. The summed E-state index contributed by atoms with van der Waals surface area (Å²) in [4.78, 5) is 0. The van der Waals surface area contributed by atoms with Gasteiger partial charge in [0.1, 0.15) is 0 Å². The van der Waals surface area contributed by atoms with Crippen LogP contribution in [0.2, 0.25) is 0 Å². The van der Waals surface area contributed by atoms with Gasteiger partial charge in [-0.1, -0.05) is 0 Å². The molecule has 0 bridgehead atoms. The predicted octanol–water partition coefficient (Wildman–Crippen LogP) is 3.08. The van der Waals surface area contributed by atoms with Gasteiger partial charge in [-0.15, -0.1) is 0 Å². The molecule has 0 atom stereocenters. The van der Waals surface area contributed by atoms with Crippen molar-refractivity contribution in [3.63, 3.8) is 0 Å². The van der Waals surface area contributed by atoms with Crippen LogP contribution in [-0.2, 0) is 72.3 Å². The van der Waals surface area contributed by atoms with E-state index in [9.17, 15) is 0 Å². The Hall–Kier alpha value is 2.38. The second-order valence-electron chi connectivity index (χ2n) is 0. The van der Waals surface area contributed by atoms with Gasteiger partial charge < -0.3 is 44.1 Å². The molecule has 0 aromatic carbocycles. The maximum absolute atomic E-state index is 3.25. The van der Waals surface area contributed by atoms with Gasteiger partial charge in [-0.25, -0.2) is 0 Å². The fraction of sp³-hybridized carbons (Fsp3) is 0.143. The molecule has 0 amide bonds. The van der Waals surface area contributed by atoms with Crippen molar-refractivity contribution in [2.45, 2.75) is 6.92 Å². The Morgan fingerprint density at radius 1 is 0.700 bits per heavy atom. The van der Waals surface area contributed by atoms with Gasteiger partial charge in [-0.05, 0) is 0 Å². The topological polar surface area (TPSA) is 0 Å². The molecule has 0 aliphatic carbocycles. The van der Waals surface area contributed by atoms with Crippen molar-refractivity contribution in [1.82, 2.24) is 0 Å². The van der Waals surface area contributed by atoms with E-state index in [0.29, 0.717) is 0 Å². The third-order valence-corrected chi connectivity index (χ3v) is 0. The van der Waals surface area contributed by atoms with E-state index in [1.54, 1.807) is 6.92 Å². The summed E-state index contributed by atoms with van der Waals surface area (Å²) in [6, 6.07) is 0. The SMILES string of the molecule is [CH2-]C.[CH3-].[CH3-].[CH3-].[CH3-].[CH3-].[V+2].[W].[Y].